The molecule has 0 saturated heterocycles. The van der Waals surface area contributed by atoms with Crippen molar-refractivity contribution in [3.63, 3.8) is 0 Å². The maximum absolute atomic E-state index is 4.13. The molecule has 0 fully saturated rings. The van der Waals surface area contributed by atoms with Gasteiger partial charge in [-0.15, -0.1) is 11.3 Å². The minimum absolute atomic E-state index is 0.238. The third kappa shape index (κ3) is 1.59. The molecule has 2 heteroatoms. The van der Waals surface area contributed by atoms with E-state index in [0.717, 1.165) is 0 Å². The lowest BCUT2D eigenvalue weighted by atomic mass is 9.88. The van der Waals surface area contributed by atoms with Crippen molar-refractivity contribution in [2.24, 2.45) is 0 Å². The summed E-state index contributed by atoms with van der Waals surface area (Å²) in [5.74, 6) is 0. The van der Waals surface area contributed by atoms with Crippen LogP contribution in [0.3, 0.4) is 0 Å². The van der Waals surface area contributed by atoms with E-state index in [2.05, 4.69) is 37.2 Å². The van der Waals surface area contributed by atoms with Crippen molar-refractivity contribution in [1.82, 2.24) is 4.98 Å². The molecule has 0 aromatic rings. The van der Waals surface area contributed by atoms with E-state index in [1.54, 1.807) is 11.3 Å². The predicted octanol–water partition coefficient (Wildman–Crippen LogP) is 3.55. The van der Waals surface area contributed by atoms with Gasteiger partial charge < -0.3 is 0 Å². The van der Waals surface area contributed by atoms with Gasteiger partial charge in [-0.2, -0.15) is 0 Å². The Morgan fingerprint density at radius 3 is 2.69 bits per heavy atom. The zero-order valence-electron chi connectivity index (χ0n) is 8.16. The summed E-state index contributed by atoms with van der Waals surface area (Å²) in [6, 6.07) is 2.23. The Bertz CT molecular complexity index is 384. The zero-order chi connectivity index (χ0) is 9.47. The summed E-state index contributed by atoms with van der Waals surface area (Å²) in [4.78, 5) is 5.41. The molecule has 0 aliphatic carbocycles. The maximum Gasteiger partial charge on any atom is 0.0540 e. The third-order valence-corrected chi connectivity index (χ3v) is 3.15. The molecule has 1 nitrogen and oxygen atoms in total. The van der Waals surface area contributed by atoms with Gasteiger partial charge in [-0.1, -0.05) is 20.8 Å². The summed E-state index contributed by atoms with van der Waals surface area (Å²) in [5, 5.41) is 2.23. The monoisotopic (exact) mass is 191 g/mol. The Labute approximate surface area is 82.8 Å². The molecule has 0 bridgehead atoms. The topological polar surface area (TPSA) is 12.9 Å². The number of nitrogens with zero attached hydrogens (tertiary/aromatic N) is 1. The molecule has 0 aromatic carbocycles. The molecule has 68 valence electrons. The molecule has 13 heavy (non-hydrogen) atoms. The lowest BCUT2D eigenvalue weighted by Crippen LogP contribution is -2.10. The number of hydrogen-bond acceptors (Lipinski definition) is 2. The van der Waals surface area contributed by atoms with E-state index in [9.17, 15) is 0 Å². The highest BCUT2D eigenvalue weighted by atomic mass is 32.1. The first kappa shape index (κ1) is 8.70. The Kier molecular flexibility index (Phi) is 1.88. The average molecular weight is 191 g/mol. The highest BCUT2D eigenvalue weighted by Crippen LogP contribution is 2.32. The Morgan fingerprint density at radius 2 is 2.00 bits per heavy atom. The molecule has 0 N–H and O–H groups in total. The lowest BCUT2D eigenvalue weighted by molar-refractivity contribution is 0.592. The lowest BCUT2D eigenvalue weighted by Gasteiger charge is -2.19. The fourth-order valence-electron chi connectivity index (χ4n) is 1.25. The molecule has 0 spiro atoms. The van der Waals surface area contributed by atoms with Crippen molar-refractivity contribution in [3.05, 3.63) is 29.4 Å². The van der Waals surface area contributed by atoms with Crippen molar-refractivity contribution in [2.75, 3.05) is 0 Å². The highest BCUT2D eigenvalue weighted by molar-refractivity contribution is 7.13. The summed E-state index contributed by atoms with van der Waals surface area (Å²) in [6.45, 7) is 6.70. The molecule has 0 aromatic heterocycles. The number of fused-ring (bicyclic) bond motifs is 1. The number of rotatable bonds is 0. The van der Waals surface area contributed by atoms with Crippen LogP contribution in [-0.2, 0) is 5.41 Å². The predicted molar refractivity (Wildman–Crippen MR) is 57.4 cm³/mol. The Morgan fingerprint density at radius 1 is 1.23 bits per heavy atom. The molecular formula is C11H13NS. The van der Waals surface area contributed by atoms with Crippen molar-refractivity contribution < 1.29 is 0 Å². The van der Waals surface area contributed by atoms with Crippen molar-refractivity contribution in [2.45, 2.75) is 26.2 Å². The van der Waals surface area contributed by atoms with E-state index in [0.29, 0.717) is 0 Å². The molecule has 0 atom stereocenters. The highest BCUT2D eigenvalue weighted by Gasteiger charge is 2.15. The van der Waals surface area contributed by atoms with Gasteiger partial charge in [0.1, 0.15) is 0 Å². The van der Waals surface area contributed by atoms with Crippen LogP contribution in [0.2, 0.25) is 0 Å². The van der Waals surface area contributed by atoms with Crippen molar-refractivity contribution in [3.8, 4) is 10.4 Å². The first-order valence-electron chi connectivity index (χ1n) is 4.40. The van der Waals surface area contributed by atoms with Gasteiger partial charge in [0.2, 0.25) is 0 Å². The SMILES string of the molecule is CC(C)(C)c1csc2cncc-2c1. The average Bonchev–Trinajstić information content (AvgIpc) is 2.47. The normalized spacial score (nSPS) is 12.2. The number of hydrogen-bond donors (Lipinski definition) is 0. The van der Waals surface area contributed by atoms with E-state index in [1.807, 2.05) is 12.4 Å². The van der Waals surface area contributed by atoms with Crippen LogP contribution in [0.4, 0.5) is 0 Å². The minimum Gasteiger partial charge on any atom is -0.263 e. The summed E-state index contributed by atoms with van der Waals surface area (Å²) in [5.41, 5.74) is 2.89. The van der Waals surface area contributed by atoms with Crippen LogP contribution in [0.5, 0.6) is 0 Å². The molecular weight excluding hydrogens is 178 g/mol. The van der Waals surface area contributed by atoms with Crippen LogP contribution >= 0.6 is 11.3 Å². The first-order chi connectivity index (χ1) is 6.07. The molecule has 0 unspecified atom stereocenters. The Balaban J connectivity index is 2.56. The molecule has 2 aliphatic heterocycles. The van der Waals surface area contributed by atoms with Crippen LogP contribution < -0.4 is 0 Å². The fraction of sp³-hybridized carbons (Fsp3) is 0.364. The van der Waals surface area contributed by atoms with E-state index in [1.165, 1.54) is 16.0 Å². The first-order valence-corrected chi connectivity index (χ1v) is 5.28. The molecule has 0 radical (unpaired) electrons. The fourth-order valence-corrected chi connectivity index (χ4v) is 2.30. The summed E-state index contributed by atoms with van der Waals surface area (Å²) >= 11 is 1.77. The van der Waals surface area contributed by atoms with Crippen LogP contribution in [0.15, 0.2) is 23.8 Å². The number of aromatic nitrogens is 1. The second-order valence-electron chi connectivity index (χ2n) is 4.31. The van der Waals surface area contributed by atoms with Crippen LogP contribution in [-0.4, -0.2) is 4.98 Å². The van der Waals surface area contributed by atoms with Gasteiger partial charge in [-0.3, -0.25) is 4.98 Å². The second-order valence-corrected chi connectivity index (χ2v) is 5.22. The van der Waals surface area contributed by atoms with Gasteiger partial charge in [0, 0.05) is 18.0 Å². The van der Waals surface area contributed by atoms with Crippen molar-refractivity contribution in [1.29, 1.82) is 0 Å². The van der Waals surface area contributed by atoms with E-state index in [4.69, 9.17) is 0 Å². The largest absolute Gasteiger partial charge is 0.263 e. The van der Waals surface area contributed by atoms with E-state index in [-0.39, 0.29) is 5.41 Å². The zero-order valence-corrected chi connectivity index (χ0v) is 8.98. The quantitative estimate of drug-likeness (QED) is 0.620. The smallest absolute Gasteiger partial charge is 0.0540 e. The van der Waals surface area contributed by atoms with E-state index >= 15 is 0 Å². The van der Waals surface area contributed by atoms with Crippen LogP contribution in [0.25, 0.3) is 10.4 Å². The molecule has 0 saturated carbocycles. The van der Waals surface area contributed by atoms with Gasteiger partial charge in [0.25, 0.3) is 0 Å². The van der Waals surface area contributed by atoms with Crippen molar-refractivity contribution >= 4 is 11.3 Å². The van der Waals surface area contributed by atoms with E-state index < -0.39 is 0 Å². The van der Waals surface area contributed by atoms with Gasteiger partial charge in [-0.25, -0.2) is 0 Å². The van der Waals surface area contributed by atoms with Crippen LogP contribution in [0, 0.1) is 0 Å². The van der Waals surface area contributed by atoms with Gasteiger partial charge in [0.15, 0.2) is 0 Å². The second kappa shape index (κ2) is 2.81. The van der Waals surface area contributed by atoms with Gasteiger partial charge >= 0.3 is 0 Å². The van der Waals surface area contributed by atoms with Gasteiger partial charge in [0.05, 0.1) is 4.88 Å². The molecule has 0 amide bonds. The molecule has 2 rings (SSSR count). The summed E-state index contributed by atoms with van der Waals surface area (Å²) in [7, 11) is 0. The molecule has 2 heterocycles. The van der Waals surface area contributed by atoms with Crippen LogP contribution in [0.1, 0.15) is 26.3 Å². The summed E-state index contributed by atoms with van der Waals surface area (Å²) in [6.07, 6.45) is 3.85. The minimum atomic E-state index is 0.238. The standard InChI is InChI=1S/C11H13NS/c1-11(2,3)9-4-8-5-12-6-10(8)13-7-9/h4-7H,1-3H3. The van der Waals surface area contributed by atoms with Gasteiger partial charge in [-0.05, 0) is 22.4 Å². The molecule has 2 aliphatic rings. The Hall–Kier alpha value is -0.890. The third-order valence-electron chi connectivity index (χ3n) is 2.18. The maximum atomic E-state index is 4.13. The summed E-state index contributed by atoms with van der Waals surface area (Å²) < 4.78 is 0.